The van der Waals surface area contributed by atoms with Gasteiger partial charge in [-0.1, -0.05) is 0 Å². The molecule has 1 aromatic rings. The quantitative estimate of drug-likeness (QED) is 0.843. The van der Waals surface area contributed by atoms with Crippen molar-refractivity contribution in [2.75, 3.05) is 5.32 Å². The number of hydrogen-bond acceptors (Lipinski definition) is 2. The number of rotatable bonds is 2. The molecule has 7 heteroatoms. The van der Waals surface area contributed by atoms with Crippen molar-refractivity contribution in [2.24, 2.45) is 0 Å². The number of amides is 1. The largest absolute Gasteiger partial charge is 0.478 e. The Morgan fingerprint density at radius 1 is 1.24 bits per heavy atom. The van der Waals surface area contributed by atoms with Crippen LogP contribution < -0.4 is 5.32 Å². The Labute approximate surface area is 94.1 Å². The number of alkyl halides is 3. The minimum absolute atomic E-state index is 0.204. The van der Waals surface area contributed by atoms with E-state index >= 15 is 0 Å². The number of aromatic carboxylic acids is 1. The van der Waals surface area contributed by atoms with Crippen LogP contribution in [-0.4, -0.2) is 17.0 Å². The number of hydrogen-bond donors (Lipinski definition) is 2. The lowest BCUT2D eigenvalue weighted by Gasteiger charge is -2.10. The molecule has 0 atom stereocenters. The van der Waals surface area contributed by atoms with E-state index in [1.54, 1.807) is 0 Å². The van der Waals surface area contributed by atoms with Crippen molar-refractivity contribution >= 4 is 17.6 Å². The molecule has 1 aromatic carbocycles. The minimum atomic E-state index is -4.67. The Morgan fingerprint density at radius 2 is 1.82 bits per heavy atom. The molecule has 0 spiro atoms. The van der Waals surface area contributed by atoms with Gasteiger partial charge in [0.05, 0.1) is 11.1 Å². The van der Waals surface area contributed by atoms with E-state index in [1.165, 1.54) is 0 Å². The summed E-state index contributed by atoms with van der Waals surface area (Å²) in [4.78, 5) is 21.4. The first-order valence-electron chi connectivity index (χ1n) is 4.43. The molecule has 0 bridgehead atoms. The fourth-order valence-corrected chi connectivity index (χ4v) is 1.19. The first-order chi connectivity index (χ1) is 7.70. The van der Waals surface area contributed by atoms with Crippen LogP contribution >= 0.6 is 0 Å². The summed E-state index contributed by atoms with van der Waals surface area (Å²) in [7, 11) is 0. The van der Waals surface area contributed by atoms with Crippen molar-refractivity contribution in [1.29, 1.82) is 0 Å². The molecule has 17 heavy (non-hydrogen) atoms. The van der Waals surface area contributed by atoms with Crippen molar-refractivity contribution in [2.45, 2.75) is 13.1 Å². The predicted molar refractivity (Wildman–Crippen MR) is 52.7 cm³/mol. The number of carboxylic acid groups (broad SMARTS) is 1. The second-order valence-electron chi connectivity index (χ2n) is 3.28. The van der Waals surface area contributed by atoms with Gasteiger partial charge in [0.25, 0.3) is 0 Å². The highest BCUT2D eigenvalue weighted by Gasteiger charge is 2.31. The first-order valence-corrected chi connectivity index (χ1v) is 4.43. The molecule has 1 rings (SSSR count). The fourth-order valence-electron chi connectivity index (χ4n) is 1.19. The Balaban J connectivity index is 3.28. The number of carbonyl (C=O) groups excluding carboxylic acids is 1. The smallest absolute Gasteiger partial charge is 0.416 e. The second kappa shape index (κ2) is 4.44. The second-order valence-corrected chi connectivity index (χ2v) is 3.28. The zero-order valence-corrected chi connectivity index (χ0v) is 8.63. The van der Waals surface area contributed by atoms with E-state index in [4.69, 9.17) is 5.11 Å². The van der Waals surface area contributed by atoms with Crippen LogP contribution in [0.5, 0.6) is 0 Å². The Kier molecular flexibility index (Phi) is 3.40. The molecule has 4 nitrogen and oxygen atoms in total. The third-order valence-electron chi connectivity index (χ3n) is 1.83. The van der Waals surface area contributed by atoms with E-state index in [2.05, 4.69) is 5.32 Å². The van der Waals surface area contributed by atoms with Crippen molar-refractivity contribution in [3.63, 3.8) is 0 Å². The Morgan fingerprint density at radius 3 is 2.24 bits per heavy atom. The van der Waals surface area contributed by atoms with Gasteiger partial charge in [0.15, 0.2) is 0 Å². The molecule has 0 saturated carbocycles. The van der Waals surface area contributed by atoms with Gasteiger partial charge in [0, 0.05) is 12.6 Å². The van der Waals surface area contributed by atoms with E-state index < -0.39 is 29.2 Å². The molecule has 0 aliphatic rings. The number of carbonyl (C=O) groups is 2. The lowest BCUT2D eigenvalue weighted by atomic mass is 10.1. The average molecular weight is 247 g/mol. The molecule has 0 heterocycles. The van der Waals surface area contributed by atoms with Gasteiger partial charge in [-0.25, -0.2) is 4.79 Å². The summed E-state index contributed by atoms with van der Waals surface area (Å²) in [6.07, 6.45) is -4.67. The van der Waals surface area contributed by atoms with Crippen LogP contribution in [0.4, 0.5) is 18.9 Å². The molecule has 92 valence electrons. The maximum Gasteiger partial charge on any atom is 0.416 e. The zero-order chi connectivity index (χ0) is 13.2. The normalized spacial score (nSPS) is 11.1. The van der Waals surface area contributed by atoms with Crippen molar-refractivity contribution < 1.29 is 27.9 Å². The van der Waals surface area contributed by atoms with E-state index in [9.17, 15) is 22.8 Å². The standard InChI is InChI=1S/C10H8F3NO3/c1-5(15)14-8-3-6(9(16)17)2-7(4-8)10(11,12)13/h2-4H,1H3,(H,14,15)(H,16,17). The predicted octanol–water partition coefficient (Wildman–Crippen LogP) is 2.36. The summed E-state index contributed by atoms with van der Waals surface area (Å²) in [6, 6.07) is 2.14. The summed E-state index contributed by atoms with van der Waals surface area (Å²) in [5.41, 5.74) is -1.87. The van der Waals surface area contributed by atoms with Crippen LogP contribution in [0, 0.1) is 0 Å². The highest BCUT2D eigenvalue weighted by molar-refractivity contribution is 5.93. The molecule has 0 unspecified atom stereocenters. The molecule has 0 radical (unpaired) electrons. The van der Waals surface area contributed by atoms with Crippen LogP contribution in [0.15, 0.2) is 18.2 Å². The highest BCUT2D eigenvalue weighted by Crippen LogP contribution is 2.32. The van der Waals surface area contributed by atoms with Gasteiger partial charge in [0.2, 0.25) is 5.91 Å². The zero-order valence-electron chi connectivity index (χ0n) is 8.63. The Hall–Kier alpha value is -2.05. The minimum Gasteiger partial charge on any atom is -0.478 e. The number of carboxylic acids is 1. The molecular weight excluding hydrogens is 239 g/mol. The van der Waals surface area contributed by atoms with Gasteiger partial charge in [-0.3, -0.25) is 4.79 Å². The summed E-state index contributed by atoms with van der Waals surface area (Å²) < 4.78 is 37.3. The molecular formula is C10H8F3NO3. The third kappa shape index (κ3) is 3.47. The molecule has 1 amide bonds. The van der Waals surface area contributed by atoms with Gasteiger partial charge in [0.1, 0.15) is 0 Å². The van der Waals surface area contributed by atoms with Crippen LogP contribution in [0.25, 0.3) is 0 Å². The molecule has 0 aliphatic carbocycles. The van der Waals surface area contributed by atoms with Crippen LogP contribution in [0.2, 0.25) is 0 Å². The summed E-state index contributed by atoms with van der Waals surface area (Å²) in [5, 5.41) is 10.8. The van der Waals surface area contributed by atoms with Gasteiger partial charge in [-0.15, -0.1) is 0 Å². The SMILES string of the molecule is CC(=O)Nc1cc(C(=O)O)cc(C(F)(F)F)c1. The van der Waals surface area contributed by atoms with Gasteiger partial charge >= 0.3 is 12.1 Å². The van der Waals surface area contributed by atoms with Crippen molar-refractivity contribution in [3.8, 4) is 0 Å². The lowest BCUT2D eigenvalue weighted by Crippen LogP contribution is -2.11. The van der Waals surface area contributed by atoms with E-state index in [0.29, 0.717) is 12.1 Å². The first kappa shape index (κ1) is 13.0. The number of anilines is 1. The van der Waals surface area contributed by atoms with Crippen LogP contribution in [0.3, 0.4) is 0 Å². The summed E-state index contributed by atoms with van der Waals surface area (Å²) >= 11 is 0. The van der Waals surface area contributed by atoms with Gasteiger partial charge in [-0.2, -0.15) is 13.2 Å². The molecule has 0 saturated heterocycles. The number of halogens is 3. The van der Waals surface area contributed by atoms with Crippen molar-refractivity contribution in [1.82, 2.24) is 0 Å². The molecule has 2 N–H and O–H groups in total. The monoisotopic (exact) mass is 247 g/mol. The van der Waals surface area contributed by atoms with Gasteiger partial charge < -0.3 is 10.4 Å². The number of benzene rings is 1. The van der Waals surface area contributed by atoms with E-state index in [1.807, 2.05) is 0 Å². The topological polar surface area (TPSA) is 66.4 Å². The molecule has 0 fully saturated rings. The molecule has 0 aliphatic heterocycles. The van der Waals surface area contributed by atoms with E-state index in [-0.39, 0.29) is 5.69 Å². The summed E-state index contributed by atoms with van der Waals surface area (Å²) in [6.45, 7) is 1.11. The van der Waals surface area contributed by atoms with Crippen LogP contribution in [0.1, 0.15) is 22.8 Å². The fraction of sp³-hybridized carbons (Fsp3) is 0.200. The maximum atomic E-state index is 12.4. The average Bonchev–Trinajstić information content (AvgIpc) is 2.14. The lowest BCUT2D eigenvalue weighted by molar-refractivity contribution is -0.137. The highest BCUT2D eigenvalue weighted by atomic mass is 19.4. The van der Waals surface area contributed by atoms with E-state index in [0.717, 1.165) is 13.0 Å². The number of nitrogens with one attached hydrogen (secondary N) is 1. The van der Waals surface area contributed by atoms with Gasteiger partial charge in [-0.05, 0) is 18.2 Å². The molecule has 0 aromatic heterocycles. The Bertz CT molecular complexity index is 468. The third-order valence-corrected chi connectivity index (χ3v) is 1.83. The van der Waals surface area contributed by atoms with Crippen molar-refractivity contribution in [3.05, 3.63) is 29.3 Å². The summed E-state index contributed by atoms with van der Waals surface area (Å²) in [5.74, 6) is -2.08. The maximum absolute atomic E-state index is 12.4. The van der Waals surface area contributed by atoms with Crippen LogP contribution in [-0.2, 0) is 11.0 Å².